The number of halogens is 2. The first-order valence-electron chi connectivity index (χ1n) is 8.16. The average molecular weight is 442 g/mol. The van der Waals surface area contributed by atoms with Gasteiger partial charge in [-0.15, -0.1) is 53.8 Å². The number of hydrogen-bond acceptors (Lipinski definition) is 0. The van der Waals surface area contributed by atoms with Crippen molar-refractivity contribution < 1.29 is 24.2 Å². The molecule has 1 aliphatic rings. The first-order valence-corrected chi connectivity index (χ1v) is 9.39. The minimum atomic E-state index is 0. The fraction of sp³-hybridized carbons (Fsp3) is 0.333. The summed E-state index contributed by atoms with van der Waals surface area (Å²) in [5, 5.41) is 2.77. The van der Waals surface area contributed by atoms with Crippen LogP contribution in [0.3, 0.4) is 0 Å². The van der Waals surface area contributed by atoms with Crippen molar-refractivity contribution in [3.63, 3.8) is 0 Å². The van der Waals surface area contributed by atoms with Gasteiger partial charge in [-0.1, -0.05) is 66.8 Å². The largest absolute Gasteiger partial charge is 0.147 e. The molecular formula is C21H27Cl2Zr-. The normalized spacial score (nSPS) is 12.7. The van der Waals surface area contributed by atoms with Gasteiger partial charge in [0.1, 0.15) is 0 Å². The number of allylic oxidation sites excluding steroid dienone is 4. The Morgan fingerprint density at radius 1 is 1.04 bits per heavy atom. The molecule has 0 N–H and O–H groups in total. The van der Waals surface area contributed by atoms with E-state index in [0.717, 1.165) is 19.3 Å². The van der Waals surface area contributed by atoms with Crippen molar-refractivity contribution in [2.24, 2.45) is 0 Å². The smallest absolute Gasteiger partial charge is 0.147 e. The Bertz CT molecular complexity index is 731. The molecule has 0 bridgehead atoms. The summed E-state index contributed by atoms with van der Waals surface area (Å²) in [4.78, 5) is 0. The predicted octanol–water partition coefficient (Wildman–Crippen LogP) is 7.05. The Kier molecular flexibility index (Phi) is 11.1. The maximum absolute atomic E-state index is 2.41. The summed E-state index contributed by atoms with van der Waals surface area (Å²) in [5.41, 5.74) is 6.13. The SMILES string of the molecule is CCC1=CCC([c-]2ccc3ccccc32)=C1CC.C[C](C)=[Zr].Cl.Cl. The van der Waals surface area contributed by atoms with E-state index in [1.165, 1.54) is 19.5 Å². The molecular weight excluding hydrogens is 414 g/mol. The van der Waals surface area contributed by atoms with Gasteiger partial charge in [0.15, 0.2) is 0 Å². The van der Waals surface area contributed by atoms with Crippen LogP contribution in [0.15, 0.2) is 53.6 Å². The summed E-state index contributed by atoms with van der Waals surface area (Å²) in [6, 6.07) is 13.2. The summed E-state index contributed by atoms with van der Waals surface area (Å²) in [6.45, 7) is 8.78. The van der Waals surface area contributed by atoms with Gasteiger partial charge in [-0.05, 0) is 12.8 Å². The van der Waals surface area contributed by atoms with Crippen LogP contribution in [0.1, 0.15) is 52.5 Å². The molecule has 0 spiro atoms. The maximum Gasteiger partial charge on any atom is -0.147 e. The topological polar surface area (TPSA) is 0 Å². The van der Waals surface area contributed by atoms with Crippen LogP contribution in [0, 0.1) is 0 Å². The Morgan fingerprint density at radius 3 is 2.25 bits per heavy atom. The zero-order valence-electron chi connectivity index (χ0n) is 15.0. The van der Waals surface area contributed by atoms with Gasteiger partial charge in [0.05, 0.1) is 0 Å². The molecule has 0 radical (unpaired) electrons. The van der Waals surface area contributed by atoms with Crippen molar-refractivity contribution in [2.45, 2.75) is 47.0 Å². The Hall–Kier alpha value is -0.357. The molecule has 0 unspecified atom stereocenters. The molecule has 2 aromatic carbocycles. The molecule has 24 heavy (non-hydrogen) atoms. The van der Waals surface area contributed by atoms with Gasteiger partial charge in [-0.3, -0.25) is 0 Å². The number of rotatable bonds is 3. The van der Waals surface area contributed by atoms with Gasteiger partial charge in [0, 0.05) is 0 Å². The van der Waals surface area contributed by atoms with Crippen molar-refractivity contribution in [3.8, 4) is 0 Å². The molecule has 0 heterocycles. The molecule has 0 saturated carbocycles. The van der Waals surface area contributed by atoms with Gasteiger partial charge >= 0.3 is 41.3 Å². The van der Waals surface area contributed by atoms with Crippen LogP contribution in [0.25, 0.3) is 16.3 Å². The van der Waals surface area contributed by atoms with Gasteiger partial charge in [0.25, 0.3) is 0 Å². The summed E-state index contributed by atoms with van der Waals surface area (Å²) < 4.78 is 1.51. The summed E-state index contributed by atoms with van der Waals surface area (Å²) in [7, 11) is 0. The van der Waals surface area contributed by atoms with E-state index in [4.69, 9.17) is 0 Å². The Labute approximate surface area is 173 Å². The molecule has 0 nitrogen and oxygen atoms in total. The van der Waals surface area contributed by atoms with Gasteiger partial charge in [-0.25, -0.2) is 0 Å². The van der Waals surface area contributed by atoms with E-state index in [2.05, 4.69) is 70.2 Å². The maximum atomic E-state index is 2.41. The molecule has 0 aromatic heterocycles. The van der Waals surface area contributed by atoms with E-state index in [9.17, 15) is 0 Å². The Morgan fingerprint density at radius 2 is 1.67 bits per heavy atom. The van der Waals surface area contributed by atoms with Crippen LogP contribution in [0.4, 0.5) is 0 Å². The van der Waals surface area contributed by atoms with Crippen molar-refractivity contribution in [3.05, 3.63) is 59.2 Å². The second-order valence-corrected chi connectivity index (χ2v) is 8.39. The first kappa shape index (κ1) is 23.6. The first-order chi connectivity index (χ1) is 10.6. The fourth-order valence-electron chi connectivity index (χ4n) is 3.15. The zero-order chi connectivity index (χ0) is 16.1. The molecule has 0 amide bonds. The fourth-order valence-corrected chi connectivity index (χ4v) is 3.15. The summed E-state index contributed by atoms with van der Waals surface area (Å²) in [6.07, 6.45) is 5.83. The van der Waals surface area contributed by atoms with Crippen molar-refractivity contribution in [2.75, 3.05) is 0 Å². The second kappa shape index (κ2) is 11.3. The number of hydrogen-bond donors (Lipinski definition) is 0. The quantitative estimate of drug-likeness (QED) is 0.448. The molecule has 3 heteroatoms. The van der Waals surface area contributed by atoms with E-state index in [0.29, 0.717) is 0 Å². The van der Waals surface area contributed by atoms with Crippen LogP contribution in [0.2, 0.25) is 0 Å². The van der Waals surface area contributed by atoms with Gasteiger partial charge in [-0.2, -0.15) is 0 Å². The van der Waals surface area contributed by atoms with Crippen LogP contribution in [0.5, 0.6) is 0 Å². The van der Waals surface area contributed by atoms with E-state index in [1.807, 2.05) is 0 Å². The standard InChI is InChI=1S/C18H19.C3H6.2ClH.Zr/c1-3-13-9-11-17(15(13)4-2)18-12-10-14-7-5-6-8-16(14)18;1-3-2;;;/h5-10,12H,3-4,11H2,1-2H3;1-2H3;2*1H;/q-1;;;;. The molecule has 0 fully saturated rings. The minimum Gasteiger partial charge on any atom is -0.147 e. The van der Waals surface area contributed by atoms with Crippen molar-refractivity contribution in [1.82, 2.24) is 0 Å². The number of benzene rings is 1. The minimum absolute atomic E-state index is 0. The average Bonchev–Trinajstić information content (AvgIpc) is 3.09. The number of fused-ring (bicyclic) bond motifs is 1. The van der Waals surface area contributed by atoms with Crippen LogP contribution in [-0.4, -0.2) is 3.21 Å². The monoisotopic (exact) mass is 439 g/mol. The van der Waals surface area contributed by atoms with Crippen molar-refractivity contribution in [1.29, 1.82) is 0 Å². The van der Waals surface area contributed by atoms with Gasteiger partial charge in [0.2, 0.25) is 0 Å². The van der Waals surface area contributed by atoms with E-state index >= 15 is 0 Å². The Balaban J connectivity index is 0.000000801. The summed E-state index contributed by atoms with van der Waals surface area (Å²) >= 11 is 1.55. The molecule has 3 rings (SSSR count). The van der Waals surface area contributed by atoms with Crippen LogP contribution < -0.4 is 0 Å². The van der Waals surface area contributed by atoms with Crippen LogP contribution >= 0.6 is 24.8 Å². The molecule has 0 aliphatic heterocycles. The summed E-state index contributed by atoms with van der Waals surface area (Å²) in [5.74, 6) is 0. The van der Waals surface area contributed by atoms with Gasteiger partial charge < -0.3 is 0 Å². The van der Waals surface area contributed by atoms with E-state index in [-0.39, 0.29) is 24.8 Å². The zero-order valence-corrected chi connectivity index (χ0v) is 19.1. The van der Waals surface area contributed by atoms with E-state index in [1.54, 1.807) is 41.0 Å². The molecule has 0 saturated heterocycles. The predicted molar refractivity (Wildman–Crippen MR) is 111 cm³/mol. The molecule has 0 atom stereocenters. The molecule has 2 aromatic rings. The third-order valence-electron chi connectivity index (χ3n) is 4.04. The van der Waals surface area contributed by atoms with Crippen LogP contribution in [-0.2, 0) is 24.2 Å². The third-order valence-corrected chi connectivity index (χ3v) is 4.04. The molecule has 130 valence electrons. The third kappa shape index (κ3) is 5.58. The van der Waals surface area contributed by atoms with Crippen molar-refractivity contribution >= 4 is 44.4 Å². The molecule has 1 aliphatic carbocycles. The second-order valence-electron chi connectivity index (χ2n) is 5.93. The van der Waals surface area contributed by atoms with E-state index < -0.39 is 0 Å².